The number of anilines is 1. The molecule has 1 atom stereocenters. The Morgan fingerprint density at radius 2 is 2.04 bits per heavy atom. The van der Waals surface area contributed by atoms with Crippen molar-refractivity contribution in [1.29, 1.82) is 0 Å². The van der Waals surface area contributed by atoms with Crippen LogP contribution in [0.4, 0.5) is 5.69 Å². The zero-order valence-electron chi connectivity index (χ0n) is 15.1. The molecule has 2 aliphatic rings. The van der Waals surface area contributed by atoms with Gasteiger partial charge in [-0.25, -0.2) is 8.42 Å². The third-order valence-electron chi connectivity index (χ3n) is 4.83. The molecule has 1 heterocycles. The Labute approximate surface area is 155 Å². The van der Waals surface area contributed by atoms with Crippen LogP contribution < -0.4 is 10.1 Å². The molecule has 1 aliphatic carbocycles. The summed E-state index contributed by atoms with van der Waals surface area (Å²) in [6.45, 7) is 3.25. The van der Waals surface area contributed by atoms with Gasteiger partial charge in [0.15, 0.2) is 0 Å². The van der Waals surface area contributed by atoms with Crippen LogP contribution in [0.2, 0.25) is 0 Å². The second kappa shape index (κ2) is 8.22. The summed E-state index contributed by atoms with van der Waals surface area (Å²) in [6.07, 6.45) is 8.29. The van der Waals surface area contributed by atoms with Gasteiger partial charge in [-0.05, 0) is 57.2 Å². The minimum Gasteiger partial charge on any atom is -0.492 e. The fraction of sp³-hybridized carbons (Fsp3) is 0.526. The van der Waals surface area contributed by atoms with E-state index < -0.39 is 10.0 Å². The SMILES string of the molecule is CCOc1ccc(NC(=O)[C@@H]2CC=CCC2)cc1S(=O)(=O)N1CCCC1. The van der Waals surface area contributed by atoms with Crippen LogP contribution in [0.15, 0.2) is 35.2 Å². The fourth-order valence-electron chi connectivity index (χ4n) is 3.41. The number of benzene rings is 1. The van der Waals surface area contributed by atoms with Crippen molar-refractivity contribution in [2.45, 2.75) is 43.9 Å². The minimum atomic E-state index is -3.63. The van der Waals surface area contributed by atoms with Crippen molar-refractivity contribution in [3.05, 3.63) is 30.4 Å². The van der Waals surface area contributed by atoms with Crippen molar-refractivity contribution in [2.75, 3.05) is 25.0 Å². The third kappa shape index (κ3) is 4.10. The Bertz CT molecular complexity index is 783. The molecule has 1 amide bonds. The molecule has 0 aromatic heterocycles. The molecule has 1 saturated heterocycles. The van der Waals surface area contributed by atoms with Gasteiger partial charge in [0.05, 0.1) is 6.61 Å². The van der Waals surface area contributed by atoms with Crippen molar-refractivity contribution >= 4 is 21.6 Å². The highest BCUT2D eigenvalue weighted by Crippen LogP contribution is 2.32. The van der Waals surface area contributed by atoms with E-state index in [1.807, 2.05) is 13.0 Å². The molecule has 0 spiro atoms. The summed E-state index contributed by atoms with van der Waals surface area (Å²) in [7, 11) is -3.63. The quantitative estimate of drug-likeness (QED) is 0.772. The van der Waals surface area contributed by atoms with Gasteiger partial charge in [-0.1, -0.05) is 12.2 Å². The average molecular weight is 378 g/mol. The van der Waals surface area contributed by atoms with Crippen LogP contribution >= 0.6 is 0 Å². The Morgan fingerprint density at radius 1 is 1.27 bits per heavy atom. The van der Waals surface area contributed by atoms with Crippen LogP contribution in [0, 0.1) is 5.92 Å². The van der Waals surface area contributed by atoms with E-state index in [1.54, 1.807) is 12.1 Å². The van der Waals surface area contributed by atoms with Gasteiger partial charge < -0.3 is 10.1 Å². The number of rotatable bonds is 6. The molecule has 26 heavy (non-hydrogen) atoms. The van der Waals surface area contributed by atoms with Crippen LogP contribution in [0.5, 0.6) is 5.75 Å². The van der Waals surface area contributed by atoms with E-state index >= 15 is 0 Å². The third-order valence-corrected chi connectivity index (χ3v) is 6.75. The van der Waals surface area contributed by atoms with Gasteiger partial charge in [-0.2, -0.15) is 4.31 Å². The number of ether oxygens (including phenoxy) is 1. The number of allylic oxidation sites excluding steroid dienone is 2. The summed E-state index contributed by atoms with van der Waals surface area (Å²) in [6, 6.07) is 4.85. The monoisotopic (exact) mass is 378 g/mol. The molecule has 0 radical (unpaired) electrons. The van der Waals surface area contributed by atoms with Crippen molar-refractivity contribution in [3.8, 4) is 5.75 Å². The lowest BCUT2D eigenvalue weighted by Gasteiger charge is -2.20. The van der Waals surface area contributed by atoms with Crippen LogP contribution in [0.25, 0.3) is 0 Å². The second-order valence-electron chi connectivity index (χ2n) is 6.68. The van der Waals surface area contributed by atoms with Gasteiger partial charge in [-0.15, -0.1) is 0 Å². The maximum atomic E-state index is 13.0. The van der Waals surface area contributed by atoms with Crippen LogP contribution in [0.3, 0.4) is 0 Å². The number of amides is 1. The first-order chi connectivity index (χ1) is 12.5. The van der Waals surface area contributed by atoms with Crippen LogP contribution in [-0.4, -0.2) is 38.3 Å². The summed E-state index contributed by atoms with van der Waals surface area (Å²) < 4.78 is 33.0. The molecule has 3 rings (SSSR count). The zero-order valence-corrected chi connectivity index (χ0v) is 15.9. The summed E-state index contributed by atoms with van der Waals surface area (Å²) in [5, 5.41) is 2.87. The zero-order chi connectivity index (χ0) is 18.6. The molecule has 1 aliphatic heterocycles. The molecule has 0 unspecified atom stereocenters. The van der Waals surface area contributed by atoms with Gasteiger partial charge in [0.25, 0.3) is 0 Å². The van der Waals surface area contributed by atoms with Gasteiger partial charge in [0.2, 0.25) is 15.9 Å². The number of carbonyl (C=O) groups excluding carboxylic acids is 1. The standard InChI is InChI=1S/C19H26N2O4S/c1-2-25-17-11-10-16(20-19(22)15-8-4-3-5-9-15)14-18(17)26(23,24)21-12-6-7-13-21/h3-4,10-11,14-15H,2,5-9,12-13H2,1H3,(H,20,22)/t15-/m1/s1. The molecule has 0 bridgehead atoms. The van der Waals surface area contributed by atoms with Gasteiger partial charge in [0, 0.05) is 24.7 Å². The maximum absolute atomic E-state index is 13.0. The molecule has 1 N–H and O–H groups in total. The van der Waals surface area contributed by atoms with Crippen molar-refractivity contribution in [1.82, 2.24) is 4.31 Å². The van der Waals surface area contributed by atoms with Gasteiger partial charge in [-0.3, -0.25) is 4.79 Å². The molecule has 142 valence electrons. The minimum absolute atomic E-state index is 0.0646. The average Bonchev–Trinajstić information content (AvgIpc) is 3.19. The number of hydrogen-bond donors (Lipinski definition) is 1. The van der Waals surface area contributed by atoms with Gasteiger partial charge in [0.1, 0.15) is 10.6 Å². The fourth-order valence-corrected chi connectivity index (χ4v) is 5.08. The summed E-state index contributed by atoms with van der Waals surface area (Å²) >= 11 is 0. The summed E-state index contributed by atoms with van der Waals surface area (Å²) in [5.74, 6) is 0.200. The number of sulfonamides is 1. The van der Waals surface area contributed by atoms with E-state index in [0.717, 1.165) is 32.1 Å². The molecule has 1 fully saturated rings. The first-order valence-electron chi connectivity index (χ1n) is 9.25. The van der Waals surface area contributed by atoms with Crippen molar-refractivity contribution in [3.63, 3.8) is 0 Å². The molecule has 1 aromatic rings. The molecular weight excluding hydrogens is 352 g/mol. The van der Waals surface area contributed by atoms with E-state index in [1.165, 1.54) is 10.4 Å². The molecular formula is C19H26N2O4S. The topological polar surface area (TPSA) is 75.7 Å². The molecule has 7 heteroatoms. The lowest BCUT2D eigenvalue weighted by atomic mass is 9.93. The van der Waals surface area contributed by atoms with Crippen LogP contribution in [-0.2, 0) is 14.8 Å². The van der Waals surface area contributed by atoms with E-state index in [2.05, 4.69) is 11.4 Å². The highest BCUT2D eigenvalue weighted by Gasteiger charge is 2.30. The lowest BCUT2D eigenvalue weighted by Crippen LogP contribution is -2.28. The van der Waals surface area contributed by atoms with E-state index in [0.29, 0.717) is 31.1 Å². The van der Waals surface area contributed by atoms with Crippen molar-refractivity contribution < 1.29 is 17.9 Å². The number of nitrogens with zero attached hydrogens (tertiary/aromatic N) is 1. The maximum Gasteiger partial charge on any atom is 0.246 e. The van der Waals surface area contributed by atoms with Crippen LogP contribution in [0.1, 0.15) is 39.0 Å². The summed E-state index contributed by atoms with van der Waals surface area (Å²) in [5.41, 5.74) is 0.491. The molecule has 1 aromatic carbocycles. The molecule has 6 nitrogen and oxygen atoms in total. The van der Waals surface area contributed by atoms with Crippen molar-refractivity contribution in [2.24, 2.45) is 5.92 Å². The normalized spacial score (nSPS) is 20.9. The Kier molecular flexibility index (Phi) is 5.98. The van der Waals surface area contributed by atoms with E-state index in [9.17, 15) is 13.2 Å². The Balaban J connectivity index is 1.86. The highest BCUT2D eigenvalue weighted by atomic mass is 32.2. The Hall–Kier alpha value is -1.86. The lowest BCUT2D eigenvalue weighted by molar-refractivity contribution is -0.120. The number of carbonyl (C=O) groups is 1. The smallest absolute Gasteiger partial charge is 0.246 e. The van der Waals surface area contributed by atoms with E-state index in [-0.39, 0.29) is 16.7 Å². The highest BCUT2D eigenvalue weighted by molar-refractivity contribution is 7.89. The predicted octanol–water partition coefficient (Wildman–Crippen LogP) is 3.16. The number of nitrogens with one attached hydrogen (secondary N) is 1. The first kappa shape index (κ1) is 18.9. The molecule has 0 saturated carbocycles. The number of hydrogen-bond acceptors (Lipinski definition) is 4. The second-order valence-corrected chi connectivity index (χ2v) is 8.58. The van der Waals surface area contributed by atoms with E-state index in [4.69, 9.17) is 4.74 Å². The van der Waals surface area contributed by atoms with Gasteiger partial charge >= 0.3 is 0 Å². The largest absolute Gasteiger partial charge is 0.492 e. The first-order valence-corrected chi connectivity index (χ1v) is 10.7. The summed E-state index contributed by atoms with van der Waals surface area (Å²) in [4.78, 5) is 12.6. The Morgan fingerprint density at radius 3 is 2.69 bits per heavy atom. The predicted molar refractivity (Wildman–Crippen MR) is 101 cm³/mol.